The van der Waals surface area contributed by atoms with Crippen molar-refractivity contribution < 1.29 is 4.74 Å². The number of benzene rings is 1. The van der Waals surface area contributed by atoms with Crippen molar-refractivity contribution >= 4 is 34.9 Å². The number of halogens is 2. The maximum absolute atomic E-state index is 5.72. The summed E-state index contributed by atoms with van der Waals surface area (Å²) >= 11 is 12.4. The molecule has 0 N–H and O–H groups in total. The molecule has 1 heterocycles. The minimum atomic E-state index is 0.268. The molecule has 3 nitrogen and oxygen atoms in total. The molecule has 1 aromatic carbocycles. The van der Waals surface area contributed by atoms with E-state index in [4.69, 9.17) is 27.9 Å². The van der Waals surface area contributed by atoms with Gasteiger partial charge in [-0.25, -0.2) is 0 Å². The highest BCUT2D eigenvalue weighted by Gasteiger charge is 2.07. The summed E-state index contributed by atoms with van der Waals surface area (Å²) in [6.45, 7) is 0. The molecule has 0 unspecified atom stereocenters. The molecule has 0 amide bonds. The molecule has 0 spiro atoms. The van der Waals surface area contributed by atoms with Crippen molar-refractivity contribution in [3.8, 4) is 11.6 Å². The van der Waals surface area contributed by atoms with E-state index in [1.807, 2.05) is 0 Å². The topological polar surface area (TPSA) is 35.0 Å². The van der Waals surface area contributed by atoms with E-state index < -0.39 is 0 Å². The van der Waals surface area contributed by atoms with Crippen molar-refractivity contribution in [3.63, 3.8) is 0 Å². The third-order valence-electron chi connectivity index (χ3n) is 1.45. The summed E-state index contributed by atoms with van der Waals surface area (Å²) in [4.78, 5) is 0. The Labute approximate surface area is 94.6 Å². The van der Waals surface area contributed by atoms with Gasteiger partial charge in [0.25, 0.3) is 5.88 Å². The molecule has 2 rings (SSSR count). The molecule has 0 saturated carbocycles. The Kier molecular flexibility index (Phi) is 2.86. The van der Waals surface area contributed by atoms with Crippen LogP contribution in [-0.4, -0.2) is 8.75 Å². The van der Waals surface area contributed by atoms with Crippen LogP contribution in [0.1, 0.15) is 0 Å². The number of nitrogens with zero attached hydrogens (tertiary/aromatic N) is 2. The van der Waals surface area contributed by atoms with E-state index in [2.05, 4.69) is 8.75 Å². The number of rotatable bonds is 2. The molecule has 6 heteroatoms. The first-order valence-electron chi connectivity index (χ1n) is 3.67. The van der Waals surface area contributed by atoms with Crippen molar-refractivity contribution in [1.29, 1.82) is 0 Å². The summed E-state index contributed by atoms with van der Waals surface area (Å²) in [7, 11) is 0. The van der Waals surface area contributed by atoms with E-state index in [9.17, 15) is 0 Å². The first kappa shape index (κ1) is 9.71. The van der Waals surface area contributed by atoms with E-state index in [-0.39, 0.29) is 5.15 Å². The predicted molar refractivity (Wildman–Crippen MR) is 56.4 cm³/mol. The molecule has 0 fully saturated rings. The summed E-state index contributed by atoms with van der Waals surface area (Å²) in [6, 6.07) is 6.92. The van der Waals surface area contributed by atoms with Crippen molar-refractivity contribution in [2.75, 3.05) is 0 Å². The van der Waals surface area contributed by atoms with Gasteiger partial charge in [0.05, 0.1) is 11.7 Å². The third kappa shape index (κ3) is 2.15. The van der Waals surface area contributed by atoms with E-state index in [0.717, 1.165) is 11.7 Å². The predicted octanol–water partition coefficient (Wildman–Crippen LogP) is 3.64. The minimum Gasteiger partial charge on any atom is -0.436 e. The van der Waals surface area contributed by atoms with E-state index in [1.54, 1.807) is 24.3 Å². The Hall–Kier alpha value is -0.840. The Balaban J connectivity index is 2.19. The molecular formula is C8H4Cl2N2OS. The fourth-order valence-electron chi connectivity index (χ4n) is 0.845. The largest absolute Gasteiger partial charge is 0.436 e. The quantitative estimate of drug-likeness (QED) is 0.812. The van der Waals surface area contributed by atoms with Crippen molar-refractivity contribution in [2.24, 2.45) is 0 Å². The smallest absolute Gasteiger partial charge is 0.270 e. The van der Waals surface area contributed by atoms with Crippen LogP contribution >= 0.6 is 34.9 Å². The van der Waals surface area contributed by atoms with Gasteiger partial charge in [-0.1, -0.05) is 23.2 Å². The summed E-state index contributed by atoms with van der Waals surface area (Å²) < 4.78 is 13.0. The van der Waals surface area contributed by atoms with Crippen LogP contribution in [-0.2, 0) is 0 Å². The van der Waals surface area contributed by atoms with Gasteiger partial charge in [0.2, 0.25) is 5.15 Å². The Morgan fingerprint density at radius 1 is 1.07 bits per heavy atom. The van der Waals surface area contributed by atoms with Crippen LogP contribution in [0.3, 0.4) is 0 Å². The van der Waals surface area contributed by atoms with Gasteiger partial charge in [0.15, 0.2) is 0 Å². The fourth-order valence-corrected chi connectivity index (χ4v) is 1.58. The highest BCUT2D eigenvalue weighted by molar-refractivity contribution is 6.99. The van der Waals surface area contributed by atoms with Crippen molar-refractivity contribution in [3.05, 3.63) is 34.4 Å². The highest BCUT2D eigenvalue weighted by Crippen LogP contribution is 2.27. The van der Waals surface area contributed by atoms with Crippen LogP contribution in [0, 0.1) is 0 Å². The molecule has 0 radical (unpaired) electrons. The maximum Gasteiger partial charge on any atom is 0.270 e. The third-order valence-corrected chi connectivity index (χ3v) is 2.56. The normalized spacial score (nSPS) is 10.1. The zero-order chi connectivity index (χ0) is 9.97. The molecule has 0 aliphatic heterocycles. The SMILES string of the molecule is Clc1ccc(Oc2nsnc2Cl)cc1. The summed E-state index contributed by atoms with van der Waals surface area (Å²) in [5.74, 6) is 0.947. The molecule has 2 aromatic rings. The highest BCUT2D eigenvalue weighted by atomic mass is 35.5. The Morgan fingerprint density at radius 2 is 1.79 bits per heavy atom. The van der Waals surface area contributed by atoms with E-state index in [0.29, 0.717) is 16.7 Å². The lowest BCUT2D eigenvalue weighted by Gasteiger charge is -2.00. The second kappa shape index (κ2) is 4.13. The Morgan fingerprint density at radius 3 is 2.36 bits per heavy atom. The minimum absolute atomic E-state index is 0.268. The monoisotopic (exact) mass is 246 g/mol. The standard InChI is InChI=1S/C8H4Cl2N2OS/c9-5-1-3-6(4-2-5)13-8-7(10)11-14-12-8/h1-4H. The van der Waals surface area contributed by atoms with Crippen molar-refractivity contribution in [1.82, 2.24) is 8.75 Å². The molecule has 14 heavy (non-hydrogen) atoms. The van der Waals surface area contributed by atoms with Crippen LogP contribution in [0.15, 0.2) is 24.3 Å². The van der Waals surface area contributed by atoms with Gasteiger partial charge in [0.1, 0.15) is 5.75 Å². The summed E-state index contributed by atoms with van der Waals surface area (Å²) in [6.07, 6.45) is 0. The zero-order valence-electron chi connectivity index (χ0n) is 6.78. The van der Waals surface area contributed by atoms with Gasteiger partial charge < -0.3 is 4.74 Å². The molecule has 0 atom stereocenters. The number of ether oxygens (including phenoxy) is 1. The van der Waals surface area contributed by atoms with Crippen LogP contribution in [0.4, 0.5) is 0 Å². The van der Waals surface area contributed by atoms with Crippen LogP contribution in [0.25, 0.3) is 0 Å². The van der Waals surface area contributed by atoms with Crippen molar-refractivity contribution in [2.45, 2.75) is 0 Å². The number of hydrogen-bond acceptors (Lipinski definition) is 4. The Bertz CT molecular complexity index is 429. The molecule has 0 aliphatic carbocycles. The zero-order valence-corrected chi connectivity index (χ0v) is 9.10. The first-order valence-corrected chi connectivity index (χ1v) is 5.16. The average Bonchev–Trinajstić information content (AvgIpc) is 2.56. The average molecular weight is 247 g/mol. The summed E-state index contributed by atoms with van der Waals surface area (Å²) in [5, 5.41) is 0.921. The lowest BCUT2D eigenvalue weighted by atomic mass is 10.3. The van der Waals surface area contributed by atoms with Gasteiger partial charge >= 0.3 is 0 Å². The van der Waals surface area contributed by atoms with E-state index in [1.165, 1.54) is 0 Å². The van der Waals surface area contributed by atoms with Crippen LogP contribution in [0.5, 0.6) is 11.6 Å². The molecule has 0 bridgehead atoms. The van der Waals surface area contributed by atoms with E-state index >= 15 is 0 Å². The number of hydrogen-bond donors (Lipinski definition) is 0. The van der Waals surface area contributed by atoms with Crippen LogP contribution in [0.2, 0.25) is 10.2 Å². The fraction of sp³-hybridized carbons (Fsp3) is 0. The lowest BCUT2D eigenvalue weighted by molar-refractivity contribution is 0.468. The summed E-state index contributed by atoms with van der Waals surface area (Å²) in [5.41, 5.74) is 0. The second-order valence-corrected chi connectivity index (χ2v) is 3.74. The number of aromatic nitrogens is 2. The second-order valence-electron chi connectivity index (χ2n) is 2.42. The van der Waals surface area contributed by atoms with Gasteiger partial charge in [-0.3, -0.25) is 0 Å². The van der Waals surface area contributed by atoms with Gasteiger partial charge in [0, 0.05) is 5.02 Å². The van der Waals surface area contributed by atoms with Gasteiger partial charge in [-0.15, -0.1) is 4.37 Å². The molecule has 0 aliphatic rings. The molecule has 0 saturated heterocycles. The van der Waals surface area contributed by atoms with Gasteiger partial charge in [-0.05, 0) is 24.3 Å². The van der Waals surface area contributed by atoms with Crippen LogP contribution < -0.4 is 4.74 Å². The molecule has 72 valence electrons. The maximum atomic E-state index is 5.72. The first-order chi connectivity index (χ1) is 6.75. The lowest BCUT2D eigenvalue weighted by Crippen LogP contribution is -1.83. The molecule has 1 aromatic heterocycles. The van der Waals surface area contributed by atoms with Gasteiger partial charge in [-0.2, -0.15) is 4.37 Å². The molecular weight excluding hydrogens is 243 g/mol.